The van der Waals surface area contributed by atoms with E-state index in [9.17, 15) is 43.9 Å². The van der Waals surface area contributed by atoms with E-state index in [-0.39, 0.29) is 0 Å². The second-order valence-electron chi connectivity index (χ2n) is 11.4. The average molecular weight is 649 g/mol. The molecule has 46 heavy (non-hydrogen) atoms. The second kappa shape index (κ2) is 12.8. The molecule has 0 atom stereocenters. The Labute approximate surface area is 258 Å². The summed E-state index contributed by atoms with van der Waals surface area (Å²) in [4.78, 5) is 0. The molecule has 240 valence electrons. The summed E-state index contributed by atoms with van der Waals surface area (Å²) in [6.45, 7) is 4.05. The molecule has 1 aliphatic rings. The van der Waals surface area contributed by atoms with Crippen LogP contribution < -0.4 is 0 Å². The normalized spacial score (nSPS) is 13.7. The summed E-state index contributed by atoms with van der Waals surface area (Å²) >= 11 is 0. The number of unbranched alkanes of at least 4 members (excludes halogenated alkanes) is 3. The summed E-state index contributed by atoms with van der Waals surface area (Å²) in [5.74, 6) is -20.5. The van der Waals surface area contributed by atoms with Crippen molar-refractivity contribution >= 4 is 24.3 Å². The first-order chi connectivity index (χ1) is 21.8. The van der Waals surface area contributed by atoms with Gasteiger partial charge < -0.3 is 0 Å². The van der Waals surface area contributed by atoms with Crippen molar-refractivity contribution in [1.82, 2.24) is 0 Å². The van der Waals surface area contributed by atoms with Crippen LogP contribution in [0.1, 0.15) is 79.3 Å². The highest BCUT2D eigenvalue weighted by atomic mass is 19.2. The molecular formula is C36H26F10. The minimum absolute atomic E-state index is 0.432. The van der Waals surface area contributed by atoms with Crippen molar-refractivity contribution in [1.29, 1.82) is 0 Å². The lowest BCUT2D eigenvalue weighted by atomic mass is 9.75. The van der Waals surface area contributed by atoms with Gasteiger partial charge in [0.25, 0.3) is 0 Å². The Kier molecular flexibility index (Phi) is 9.20. The number of hydrogen-bond donors (Lipinski definition) is 0. The van der Waals surface area contributed by atoms with E-state index in [1.807, 2.05) is 6.92 Å². The molecule has 0 saturated heterocycles. The van der Waals surface area contributed by atoms with Crippen LogP contribution in [-0.2, 0) is 5.41 Å². The first-order valence-electron chi connectivity index (χ1n) is 14.5. The van der Waals surface area contributed by atoms with Crippen molar-refractivity contribution in [3.63, 3.8) is 0 Å². The molecule has 0 N–H and O–H groups in total. The van der Waals surface area contributed by atoms with E-state index in [2.05, 4.69) is 6.92 Å². The maximum atomic E-state index is 14.3. The molecule has 0 bridgehead atoms. The lowest BCUT2D eigenvalue weighted by Gasteiger charge is -2.28. The summed E-state index contributed by atoms with van der Waals surface area (Å²) < 4.78 is 139. The Bertz CT molecular complexity index is 1720. The molecule has 0 aliphatic heterocycles. The standard InChI is InChI=1S/C36H26F10/c1-3-4-5-6-15-36(2)24-16-18(9-13-22-26(37)30(41)34(45)31(42)27(22)38)7-11-20(24)21-12-8-19(17-25(21)36)10-14-23-28(39)32(43)35(46)33(44)29(23)40/h7-14,16-17H,3-6,15H2,1-2H3/b13-9+,14-10+. The Morgan fingerprint density at radius 3 is 1.22 bits per heavy atom. The van der Waals surface area contributed by atoms with E-state index in [0.29, 0.717) is 17.5 Å². The minimum atomic E-state index is -2.25. The largest absolute Gasteiger partial charge is 0.203 e. The highest BCUT2D eigenvalue weighted by Gasteiger charge is 2.39. The van der Waals surface area contributed by atoms with Crippen LogP contribution in [0.4, 0.5) is 43.9 Å². The van der Waals surface area contributed by atoms with E-state index in [4.69, 9.17) is 0 Å². The molecule has 5 rings (SSSR count). The third-order valence-corrected chi connectivity index (χ3v) is 8.47. The van der Waals surface area contributed by atoms with Crippen LogP contribution in [0.2, 0.25) is 0 Å². The maximum Gasteiger partial charge on any atom is 0.200 e. The smallest absolute Gasteiger partial charge is 0.200 e. The average Bonchev–Trinajstić information content (AvgIpc) is 3.29. The molecule has 1 aliphatic carbocycles. The van der Waals surface area contributed by atoms with E-state index in [0.717, 1.165) is 60.1 Å². The first kappa shape index (κ1) is 33.0. The molecule has 0 aromatic heterocycles. The van der Waals surface area contributed by atoms with Gasteiger partial charge in [-0.1, -0.05) is 88.1 Å². The summed E-state index contributed by atoms with van der Waals surface area (Å²) in [5, 5.41) is 0. The lowest BCUT2D eigenvalue weighted by molar-refractivity contribution is 0.377. The number of fused-ring (bicyclic) bond motifs is 3. The molecule has 0 spiro atoms. The predicted octanol–water partition coefficient (Wildman–Crippen LogP) is 11.7. The minimum Gasteiger partial charge on any atom is -0.203 e. The fourth-order valence-electron chi connectivity index (χ4n) is 5.93. The zero-order valence-corrected chi connectivity index (χ0v) is 24.6. The summed E-state index contributed by atoms with van der Waals surface area (Å²) in [5.41, 5.74) is 1.40. The third-order valence-electron chi connectivity index (χ3n) is 8.47. The highest BCUT2D eigenvalue weighted by Crippen LogP contribution is 2.52. The van der Waals surface area contributed by atoms with Gasteiger partial charge in [-0.3, -0.25) is 0 Å². The molecular weight excluding hydrogens is 622 g/mol. The molecule has 0 unspecified atom stereocenters. The Morgan fingerprint density at radius 2 is 0.848 bits per heavy atom. The number of benzene rings is 4. The van der Waals surface area contributed by atoms with Gasteiger partial charge in [0.15, 0.2) is 46.5 Å². The van der Waals surface area contributed by atoms with Crippen LogP contribution in [0.3, 0.4) is 0 Å². The van der Waals surface area contributed by atoms with Crippen molar-refractivity contribution in [3.05, 3.63) is 128 Å². The molecule has 4 aromatic carbocycles. The maximum absolute atomic E-state index is 14.3. The quantitative estimate of drug-likeness (QED) is 0.0557. The van der Waals surface area contributed by atoms with Crippen LogP contribution >= 0.6 is 0 Å². The number of halogens is 10. The zero-order valence-electron chi connectivity index (χ0n) is 24.6. The van der Waals surface area contributed by atoms with Gasteiger partial charge in [0, 0.05) is 5.41 Å². The van der Waals surface area contributed by atoms with Crippen LogP contribution in [0.25, 0.3) is 35.4 Å². The molecule has 0 radical (unpaired) electrons. The van der Waals surface area contributed by atoms with E-state index < -0.39 is 74.7 Å². The fraction of sp³-hybridized carbons (Fsp3) is 0.222. The van der Waals surface area contributed by atoms with Crippen LogP contribution in [0.5, 0.6) is 0 Å². The number of hydrogen-bond acceptors (Lipinski definition) is 0. The van der Waals surface area contributed by atoms with Crippen molar-refractivity contribution < 1.29 is 43.9 Å². The Hall–Kier alpha value is -4.34. The first-order valence-corrected chi connectivity index (χ1v) is 14.5. The third kappa shape index (κ3) is 5.62. The van der Waals surface area contributed by atoms with Crippen molar-refractivity contribution in [2.75, 3.05) is 0 Å². The van der Waals surface area contributed by atoms with Gasteiger partial charge >= 0.3 is 0 Å². The summed E-state index contributed by atoms with van der Waals surface area (Å²) in [6, 6.07) is 10.3. The van der Waals surface area contributed by atoms with E-state index >= 15 is 0 Å². The van der Waals surface area contributed by atoms with Crippen molar-refractivity contribution in [2.45, 2.75) is 51.4 Å². The highest BCUT2D eigenvalue weighted by molar-refractivity contribution is 5.85. The zero-order chi connectivity index (χ0) is 33.5. The van der Waals surface area contributed by atoms with Gasteiger partial charge in [0.05, 0.1) is 11.1 Å². The Balaban J connectivity index is 1.55. The van der Waals surface area contributed by atoms with E-state index in [1.54, 1.807) is 36.4 Å². The van der Waals surface area contributed by atoms with Crippen LogP contribution in [0.15, 0.2) is 36.4 Å². The topological polar surface area (TPSA) is 0 Å². The molecule has 0 heterocycles. The van der Waals surface area contributed by atoms with Gasteiger partial charge in [-0.25, -0.2) is 43.9 Å². The van der Waals surface area contributed by atoms with Crippen molar-refractivity contribution in [3.8, 4) is 11.1 Å². The monoisotopic (exact) mass is 648 g/mol. The van der Waals surface area contributed by atoms with Crippen LogP contribution in [0, 0.1) is 58.2 Å². The molecule has 0 amide bonds. The van der Waals surface area contributed by atoms with Gasteiger partial charge in [0.2, 0.25) is 11.6 Å². The van der Waals surface area contributed by atoms with Gasteiger partial charge in [-0.05, 0) is 52.0 Å². The number of rotatable bonds is 9. The molecule has 10 heteroatoms. The molecule has 0 nitrogen and oxygen atoms in total. The molecule has 0 fully saturated rings. The lowest BCUT2D eigenvalue weighted by Crippen LogP contribution is -2.21. The van der Waals surface area contributed by atoms with Gasteiger partial charge in [-0.2, -0.15) is 0 Å². The van der Waals surface area contributed by atoms with Crippen molar-refractivity contribution in [2.24, 2.45) is 0 Å². The summed E-state index contributed by atoms with van der Waals surface area (Å²) in [7, 11) is 0. The summed E-state index contributed by atoms with van der Waals surface area (Å²) in [6.07, 6.45) is 8.52. The molecule has 0 saturated carbocycles. The van der Waals surface area contributed by atoms with Gasteiger partial charge in [0.1, 0.15) is 0 Å². The van der Waals surface area contributed by atoms with Crippen LogP contribution in [-0.4, -0.2) is 0 Å². The fourth-order valence-corrected chi connectivity index (χ4v) is 5.93. The Morgan fingerprint density at radius 1 is 0.478 bits per heavy atom. The van der Waals surface area contributed by atoms with Gasteiger partial charge in [-0.15, -0.1) is 0 Å². The molecule has 4 aromatic rings. The van der Waals surface area contributed by atoms with E-state index in [1.165, 1.54) is 12.2 Å². The second-order valence-corrected chi connectivity index (χ2v) is 11.4. The SMILES string of the molecule is CCCCCCC1(C)c2cc(/C=C/c3c(F)c(F)c(F)c(F)c3F)ccc2-c2ccc(/C=C/c3c(F)c(F)c(F)c(F)c3F)cc21. The predicted molar refractivity (Wildman–Crippen MR) is 157 cm³/mol.